The second kappa shape index (κ2) is 6.26. The summed E-state index contributed by atoms with van der Waals surface area (Å²) in [5, 5.41) is 9.83. The van der Waals surface area contributed by atoms with Gasteiger partial charge >= 0.3 is 0 Å². The fourth-order valence-corrected chi connectivity index (χ4v) is 2.64. The normalized spacial score (nSPS) is 20.1. The molecule has 1 aliphatic heterocycles. The zero-order valence-corrected chi connectivity index (χ0v) is 11.6. The number of aliphatic hydroxyl groups excluding tert-OH is 1. The molecule has 0 aromatic heterocycles. The Morgan fingerprint density at radius 3 is 2.89 bits per heavy atom. The Labute approximate surface area is 118 Å². The molecule has 19 heavy (non-hydrogen) atoms. The van der Waals surface area contributed by atoms with Gasteiger partial charge < -0.3 is 15.7 Å². The Hall–Kier alpha value is -1.26. The first kappa shape index (κ1) is 14.2. The third-order valence-corrected chi connectivity index (χ3v) is 3.92. The maximum Gasteiger partial charge on any atom is 0.254 e. The van der Waals surface area contributed by atoms with Gasteiger partial charge in [-0.05, 0) is 31.0 Å². The van der Waals surface area contributed by atoms with E-state index in [-0.39, 0.29) is 18.6 Å². The van der Waals surface area contributed by atoms with E-state index in [0.29, 0.717) is 22.8 Å². The van der Waals surface area contributed by atoms with Crippen LogP contribution in [-0.2, 0) is 0 Å². The van der Waals surface area contributed by atoms with Crippen molar-refractivity contribution in [3.8, 4) is 0 Å². The van der Waals surface area contributed by atoms with Crippen molar-refractivity contribution in [2.45, 2.75) is 31.7 Å². The molecule has 2 rings (SSSR count). The van der Waals surface area contributed by atoms with Crippen molar-refractivity contribution in [2.75, 3.05) is 18.9 Å². The number of nitrogen functional groups attached to an aromatic ring is 1. The van der Waals surface area contributed by atoms with Crippen LogP contribution in [0.25, 0.3) is 0 Å². The summed E-state index contributed by atoms with van der Waals surface area (Å²) in [5.74, 6) is -0.0807. The topological polar surface area (TPSA) is 66.6 Å². The van der Waals surface area contributed by atoms with Gasteiger partial charge in [-0.15, -0.1) is 0 Å². The van der Waals surface area contributed by atoms with Gasteiger partial charge in [0.1, 0.15) is 0 Å². The highest BCUT2D eigenvalue weighted by Crippen LogP contribution is 2.23. The third kappa shape index (κ3) is 3.19. The van der Waals surface area contributed by atoms with E-state index in [1.165, 1.54) is 0 Å². The summed E-state index contributed by atoms with van der Waals surface area (Å²) < 4.78 is 0. The van der Waals surface area contributed by atoms with E-state index in [0.717, 1.165) is 25.7 Å². The number of amides is 1. The van der Waals surface area contributed by atoms with E-state index in [1.807, 2.05) is 0 Å². The molecule has 1 aromatic carbocycles. The van der Waals surface area contributed by atoms with Crippen LogP contribution >= 0.6 is 11.6 Å². The lowest BCUT2D eigenvalue weighted by Gasteiger charge is -2.28. The minimum Gasteiger partial charge on any atom is -0.398 e. The number of anilines is 1. The Kier molecular flexibility index (Phi) is 4.66. The molecule has 0 aliphatic carbocycles. The molecular weight excluding hydrogens is 264 g/mol. The quantitative estimate of drug-likeness (QED) is 0.818. The molecule has 104 valence electrons. The predicted molar refractivity (Wildman–Crippen MR) is 76.2 cm³/mol. The van der Waals surface area contributed by atoms with Gasteiger partial charge in [-0.25, -0.2) is 0 Å². The van der Waals surface area contributed by atoms with Crippen molar-refractivity contribution in [3.63, 3.8) is 0 Å². The molecule has 5 heteroatoms. The molecule has 1 aliphatic rings. The molecule has 0 bridgehead atoms. The fraction of sp³-hybridized carbons (Fsp3) is 0.500. The zero-order chi connectivity index (χ0) is 13.8. The van der Waals surface area contributed by atoms with Gasteiger partial charge in [0.05, 0.1) is 23.4 Å². The molecule has 1 atom stereocenters. The van der Waals surface area contributed by atoms with Crippen LogP contribution in [0.4, 0.5) is 5.69 Å². The Bertz CT molecular complexity index is 465. The molecule has 4 nitrogen and oxygen atoms in total. The van der Waals surface area contributed by atoms with Crippen molar-refractivity contribution in [1.82, 2.24) is 4.90 Å². The SMILES string of the molecule is Nc1ccc(C(=O)N2CCCCCC2CO)cc1Cl. The summed E-state index contributed by atoms with van der Waals surface area (Å²) in [5.41, 5.74) is 6.64. The highest BCUT2D eigenvalue weighted by Gasteiger charge is 2.25. The van der Waals surface area contributed by atoms with Crippen molar-refractivity contribution in [3.05, 3.63) is 28.8 Å². The van der Waals surface area contributed by atoms with Crippen molar-refractivity contribution in [2.24, 2.45) is 0 Å². The highest BCUT2D eigenvalue weighted by molar-refractivity contribution is 6.33. The van der Waals surface area contributed by atoms with E-state index < -0.39 is 0 Å². The van der Waals surface area contributed by atoms with Gasteiger partial charge in [0.25, 0.3) is 5.91 Å². The second-order valence-electron chi connectivity index (χ2n) is 4.92. The van der Waals surface area contributed by atoms with Crippen molar-refractivity contribution in [1.29, 1.82) is 0 Å². The number of halogens is 1. The lowest BCUT2D eigenvalue weighted by molar-refractivity contribution is 0.0600. The smallest absolute Gasteiger partial charge is 0.254 e. The average molecular weight is 283 g/mol. The maximum absolute atomic E-state index is 12.5. The maximum atomic E-state index is 12.5. The van der Waals surface area contributed by atoms with E-state index >= 15 is 0 Å². The van der Waals surface area contributed by atoms with Gasteiger partial charge in [-0.2, -0.15) is 0 Å². The Morgan fingerprint density at radius 1 is 1.42 bits per heavy atom. The Balaban J connectivity index is 2.22. The van der Waals surface area contributed by atoms with Crippen LogP contribution in [0.1, 0.15) is 36.0 Å². The first-order valence-corrected chi connectivity index (χ1v) is 6.98. The van der Waals surface area contributed by atoms with Gasteiger partial charge in [0.2, 0.25) is 0 Å². The lowest BCUT2D eigenvalue weighted by atomic mass is 10.1. The molecule has 3 N–H and O–H groups in total. The summed E-state index contributed by atoms with van der Waals surface area (Å²) in [6.45, 7) is 0.695. The number of benzene rings is 1. The summed E-state index contributed by atoms with van der Waals surface area (Å²) in [7, 11) is 0. The van der Waals surface area contributed by atoms with Crippen LogP contribution < -0.4 is 5.73 Å². The monoisotopic (exact) mass is 282 g/mol. The van der Waals surface area contributed by atoms with Crippen LogP contribution in [0, 0.1) is 0 Å². The van der Waals surface area contributed by atoms with Gasteiger partial charge in [-0.3, -0.25) is 4.79 Å². The van der Waals surface area contributed by atoms with E-state index in [1.54, 1.807) is 23.1 Å². The highest BCUT2D eigenvalue weighted by atomic mass is 35.5. The summed E-state index contributed by atoms with van der Waals surface area (Å²) >= 11 is 5.95. The molecule has 1 saturated heterocycles. The average Bonchev–Trinajstić information content (AvgIpc) is 2.66. The van der Waals surface area contributed by atoms with Crippen LogP contribution in [0.3, 0.4) is 0 Å². The number of aliphatic hydroxyl groups is 1. The Morgan fingerprint density at radius 2 is 2.21 bits per heavy atom. The number of nitrogens with two attached hydrogens (primary N) is 1. The summed E-state index contributed by atoms with van der Waals surface area (Å²) in [6.07, 6.45) is 3.98. The van der Waals surface area contributed by atoms with Crippen LogP contribution in [-0.4, -0.2) is 35.1 Å². The second-order valence-corrected chi connectivity index (χ2v) is 5.33. The minimum absolute atomic E-state index is 0.00838. The fourth-order valence-electron chi connectivity index (χ4n) is 2.46. The lowest BCUT2D eigenvalue weighted by Crippen LogP contribution is -2.42. The van der Waals surface area contributed by atoms with E-state index in [2.05, 4.69) is 0 Å². The van der Waals surface area contributed by atoms with Gasteiger partial charge in [-0.1, -0.05) is 24.4 Å². The van der Waals surface area contributed by atoms with Crippen molar-refractivity contribution < 1.29 is 9.90 Å². The predicted octanol–water partition coefficient (Wildman–Crippen LogP) is 2.30. The molecule has 1 aromatic rings. The number of hydrogen-bond donors (Lipinski definition) is 2. The van der Waals surface area contributed by atoms with Crippen molar-refractivity contribution >= 4 is 23.2 Å². The number of carbonyl (C=O) groups is 1. The standard InChI is InChI=1S/C14H19ClN2O2/c15-12-8-10(5-6-13(12)16)14(19)17-7-3-1-2-4-11(17)9-18/h5-6,8,11,18H,1-4,7,9,16H2. The van der Waals surface area contributed by atoms with E-state index in [4.69, 9.17) is 17.3 Å². The van der Waals surface area contributed by atoms with Crippen LogP contribution in [0.2, 0.25) is 5.02 Å². The van der Waals surface area contributed by atoms with Gasteiger partial charge in [0.15, 0.2) is 0 Å². The largest absolute Gasteiger partial charge is 0.398 e. The molecule has 1 fully saturated rings. The third-order valence-electron chi connectivity index (χ3n) is 3.60. The number of rotatable bonds is 2. The summed E-state index contributed by atoms with van der Waals surface area (Å²) in [4.78, 5) is 14.3. The minimum atomic E-state index is -0.0914. The first-order valence-electron chi connectivity index (χ1n) is 6.60. The molecule has 1 unspecified atom stereocenters. The number of carbonyl (C=O) groups excluding carboxylic acids is 1. The number of likely N-dealkylation sites (tertiary alicyclic amines) is 1. The molecule has 0 radical (unpaired) electrons. The molecule has 0 spiro atoms. The number of hydrogen-bond acceptors (Lipinski definition) is 3. The first-order chi connectivity index (χ1) is 9.13. The molecule has 1 heterocycles. The van der Waals surface area contributed by atoms with Gasteiger partial charge in [0, 0.05) is 12.1 Å². The van der Waals surface area contributed by atoms with E-state index in [9.17, 15) is 9.90 Å². The molecular formula is C14H19ClN2O2. The molecule has 0 saturated carbocycles. The summed E-state index contributed by atoms with van der Waals surface area (Å²) in [6, 6.07) is 4.83. The zero-order valence-electron chi connectivity index (χ0n) is 10.8. The molecule has 1 amide bonds. The van der Waals surface area contributed by atoms with Crippen LogP contribution in [0.15, 0.2) is 18.2 Å². The van der Waals surface area contributed by atoms with Crippen LogP contribution in [0.5, 0.6) is 0 Å². The number of nitrogens with zero attached hydrogens (tertiary/aromatic N) is 1.